The molecule has 0 aromatic carbocycles. The van der Waals surface area contributed by atoms with Crippen LogP contribution in [-0.4, -0.2) is 19.5 Å². The lowest BCUT2D eigenvalue weighted by Crippen LogP contribution is -2.27. The van der Waals surface area contributed by atoms with Crippen molar-refractivity contribution in [3.8, 4) is 0 Å². The summed E-state index contributed by atoms with van der Waals surface area (Å²) >= 11 is 9.14. The third-order valence-electron chi connectivity index (χ3n) is 3.25. The van der Waals surface area contributed by atoms with E-state index in [1.54, 1.807) is 10.8 Å². The third kappa shape index (κ3) is 1.93. The second-order valence-electron chi connectivity index (χ2n) is 4.50. The van der Waals surface area contributed by atoms with Gasteiger partial charge in [-0.3, -0.25) is 9.36 Å². The second kappa shape index (κ2) is 4.28. The van der Waals surface area contributed by atoms with E-state index in [2.05, 4.69) is 30.9 Å². The van der Waals surface area contributed by atoms with E-state index in [-0.39, 0.29) is 16.8 Å². The van der Waals surface area contributed by atoms with Crippen LogP contribution in [0.3, 0.4) is 0 Å². The fraction of sp³-hybridized carbons (Fsp3) is 0.455. The molecule has 0 N–H and O–H groups in total. The summed E-state index contributed by atoms with van der Waals surface area (Å²) in [4.78, 5) is 24.6. The Balaban J connectivity index is 2.34. The van der Waals surface area contributed by atoms with Crippen LogP contribution in [0, 0.1) is 5.92 Å². The van der Waals surface area contributed by atoms with Gasteiger partial charge in [0.2, 0.25) is 0 Å². The summed E-state index contributed by atoms with van der Waals surface area (Å²) in [5, 5.41) is -0.0494. The summed E-state index contributed by atoms with van der Waals surface area (Å²) in [6, 6.07) is 0.0732. The van der Waals surface area contributed by atoms with Gasteiger partial charge in [-0.2, -0.15) is 0 Å². The summed E-state index contributed by atoms with van der Waals surface area (Å²) in [6.45, 7) is 2.01. The molecule has 0 amide bonds. The van der Waals surface area contributed by atoms with Crippen molar-refractivity contribution in [2.45, 2.75) is 25.8 Å². The minimum Gasteiger partial charge on any atom is -0.284 e. The number of rotatable bonds is 2. The van der Waals surface area contributed by atoms with E-state index in [9.17, 15) is 4.79 Å². The second-order valence-corrected chi connectivity index (χ2v) is 5.67. The fourth-order valence-electron chi connectivity index (χ4n) is 2.10. The van der Waals surface area contributed by atoms with Crippen molar-refractivity contribution < 1.29 is 0 Å². The molecule has 94 valence electrons. The maximum atomic E-state index is 12.2. The molecule has 0 spiro atoms. The predicted molar refractivity (Wildman–Crippen MR) is 71.7 cm³/mol. The molecule has 3 rings (SSSR count). The third-order valence-corrected chi connectivity index (χ3v) is 3.87. The van der Waals surface area contributed by atoms with E-state index in [0.29, 0.717) is 21.8 Å². The number of hydrogen-bond donors (Lipinski definition) is 0. The molecule has 2 aromatic heterocycles. The van der Waals surface area contributed by atoms with E-state index >= 15 is 0 Å². The van der Waals surface area contributed by atoms with Gasteiger partial charge in [0.1, 0.15) is 4.60 Å². The first-order valence-electron chi connectivity index (χ1n) is 5.68. The van der Waals surface area contributed by atoms with Crippen LogP contribution < -0.4 is 5.56 Å². The molecule has 2 aromatic rings. The molecule has 0 unspecified atom stereocenters. The summed E-state index contributed by atoms with van der Waals surface area (Å²) in [5.41, 5.74) is 0.587. The number of nitrogens with zero attached hydrogens (tertiary/aromatic N) is 4. The Labute approximate surface area is 116 Å². The predicted octanol–water partition coefficient (Wildman–Crippen LogP) is 2.57. The summed E-state index contributed by atoms with van der Waals surface area (Å²) in [5.74, 6) is 0.519. The Kier molecular flexibility index (Phi) is 2.86. The normalized spacial score (nSPS) is 17.1. The van der Waals surface area contributed by atoms with Crippen LogP contribution >= 0.6 is 27.5 Å². The maximum absolute atomic E-state index is 12.2. The van der Waals surface area contributed by atoms with Gasteiger partial charge >= 0.3 is 0 Å². The zero-order chi connectivity index (χ0) is 12.9. The molecular weight excluding hydrogens is 320 g/mol. The lowest BCUT2D eigenvalue weighted by Gasteiger charge is -2.16. The van der Waals surface area contributed by atoms with Crippen molar-refractivity contribution in [2.75, 3.05) is 0 Å². The standard InChI is InChI=1S/C11H10BrClN4O/c1-5(6-2-3-6)17-10-9(14-4-7(12)15-10)16-8(13)11(17)18/h4-6H,2-3H2,1H3/t5-/m0/s1. The lowest BCUT2D eigenvalue weighted by molar-refractivity contribution is 0.481. The van der Waals surface area contributed by atoms with Crippen molar-refractivity contribution >= 4 is 38.8 Å². The largest absolute Gasteiger partial charge is 0.290 e. The SMILES string of the molecule is C[C@@H](C1CC1)n1c(=O)c(Cl)nc2ncc(Br)nc21. The smallest absolute Gasteiger partial charge is 0.284 e. The Morgan fingerprint density at radius 2 is 2.22 bits per heavy atom. The van der Waals surface area contributed by atoms with Gasteiger partial charge < -0.3 is 0 Å². The summed E-state index contributed by atoms with van der Waals surface area (Å²) in [7, 11) is 0. The van der Waals surface area contributed by atoms with Crippen LogP contribution in [0.5, 0.6) is 0 Å². The van der Waals surface area contributed by atoms with E-state index in [1.807, 2.05) is 6.92 Å². The molecule has 1 saturated carbocycles. The van der Waals surface area contributed by atoms with Crippen molar-refractivity contribution in [3.63, 3.8) is 0 Å². The van der Waals surface area contributed by atoms with Gasteiger partial charge in [0.05, 0.1) is 6.20 Å². The topological polar surface area (TPSA) is 60.7 Å². The Hall–Kier alpha value is -1.01. The summed E-state index contributed by atoms with van der Waals surface area (Å²) in [6.07, 6.45) is 3.81. The Bertz CT molecular complexity index is 683. The molecule has 1 atom stereocenters. The van der Waals surface area contributed by atoms with Gasteiger partial charge in [-0.25, -0.2) is 15.0 Å². The van der Waals surface area contributed by atoms with E-state index in [1.165, 1.54) is 0 Å². The molecule has 1 fully saturated rings. The van der Waals surface area contributed by atoms with Crippen LogP contribution in [0.15, 0.2) is 15.6 Å². The van der Waals surface area contributed by atoms with Crippen molar-refractivity contribution in [1.29, 1.82) is 0 Å². The highest BCUT2D eigenvalue weighted by molar-refractivity contribution is 9.10. The fourth-order valence-corrected chi connectivity index (χ4v) is 2.54. The molecule has 18 heavy (non-hydrogen) atoms. The van der Waals surface area contributed by atoms with Crippen molar-refractivity contribution in [3.05, 3.63) is 26.3 Å². The highest BCUT2D eigenvalue weighted by Crippen LogP contribution is 2.39. The minimum absolute atomic E-state index is 0.0494. The van der Waals surface area contributed by atoms with E-state index in [4.69, 9.17) is 11.6 Å². The number of hydrogen-bond acceptors (Lipinski definition) is 4. The van der Waals surface area contributed by atoms with Crippen molar-refractivity contribution in [1.82, 2.24) is 19.5 Å². The maximum Gasteiger partial charge on any atom is 0.290 e. The van der Waals surface area contributed by atoms with Gasteiger partial charge in [-0.15, -0.1) is 0 Å². The van der Waals surface area contributed by atoms with E-state index in [0.717, 1.165) is 12.8 Å². The number of aromatic nitrogens is 4. The van der Waals surface area contributed by atoms with Crippen LogP contribution in [0.25, 0.3) is 11.3 Å². The molecule has 1 aliphatic carbocycles. The van der Waals surface area contributed by atoms with Crippen molar-refractivity contribution in [2.24, 2.45) is 5.92 Å². The Morgan fingerprint density at radius 1 is 1.50 bits per heavy atom. The highest BCUT2D eigenvalue weighted by Gasteiger charge is 2.31. The number of halogens is 2. The van der Waals surface area contributed by atoms with Gasteiger partial charge in [0.25, 0.3) is 5.56 Å². The molecule has 2 heterocycles. The first-order valence-corrected chi connectivity index (χ1v) is 6.85. The lowest BCUT2D eigenvalue weighted by atomic mass is 10.2. The van der Waals surface area contributed by atoms with Crippen LogP contribution in [0.2, 0.25) is 5.15 Å². The molecule has 0 aliphatic heterocycles. The molecule has 7 heteroatoms. The molecule has 1 aliphatic rings. The monoisotopic (exact) mass is 328 g/mol. The molecular formula is C11H10BrClN4O. The average Bonchev–Trinajstić information content (AvgIpc) is 3.15. The Morgan fingerprint density at radius 3 is 2.89 bits per heavy atom. The molecule has 0 saturated heterocycles. The first kappa shape index (κ1) is 12.0. The molecule has 5 nitrogen and oxygen atoms in total. The average molecular weight is 330 g/mol. The van der Waals surface area contributed by atoms with Crippen LogP contribution in [-0.2, 0) is 0 Å². The van der Waals surface area contributed by atoms with E-state index < -0.39 is 0 Å². The zero-order valence-corrected chi connectivity index (χ0v) is 11.9. The van der Waals surface area contributed by atoms with Crippen LogP contribution in [0.1, 0.15) is 25.8 Å². The minimum atomic E-state index is -0.295. The first-order chi connectivity index (χ1) is 8.58. The molecule has 0 bridgehead atoms. The van der Waals surface area contributed by atoms with Crippen LogP contribution in [0.4, 0.5) is 0 Å². The number of fused-ring (bicyclic) bond motifs is 1. The molecule has 0 radical (unpaired) electrons. The summed E-state index contributed by atoms with van der Waals surface area (Å²) < 4.78 is 2.19. The van der Waals surface area contributed by atoms with Gasteiger partial charge in [-0.05, 0) is 41.6 Å². The van der Waals surface area contributed by atoms with Gasteiger partial charge in [-0.1, -0.05) is 11.6 Å². The highest BCUT2D eigenvalue weighted by atomic mass is 79.9. The quantitative estimate of drug-likeness (QED) is 0.849. The zero-order valence-electron chi connectivity index (χ0n) is 9.60. The van der Waals surface area contributed by atoms with Gasteiger partial charge in [0, 0.05) is 6.04 Å². The van der Waals surface area contributed by atoms with Gasteiger partial charge in [0.15, 0.2) is 16.4 Å².